The largest absolute Gasteiger partial charge is 0.356 e. The van der Waals surface area contributed by atoms with Crippen LogP contribution >= 0.6 is 0 Å². The third kappa shape index (κ3) is 4.00. The van der Waals surface area contributed by atoms with Gasteiger partial charge in [-0.1, -0.05) is 25.1 Å². The number of hydrogen-bond donors (Lipinski definition) is 2. The molecule has 132 valence electrons. The number of aromatic nitrogens is 3. The van der Waals surface area contributed by atoms with E-state index in [0.29, 0.717) is 17.3 Å². The average molecular weight is 345 g/mol. The first-order valence-electron chi connectivity index (χ1n) is 7.95. The van der Waals surface area contributed by atoms with Gasteiger partial charge in [0.2, 0.25) is 11.8 Å². The quantitative estimate of drug-likeness (QED) is 0.808. The number of rotatable bonds is 5. The van der Waals surface area contributed by atoms with Crippen molar-refractivity contribution in [3.8, 4) is 0 Å². The lowest BCUT2D eigenvalue weighted by molar-refractivity contribution is -0.148. The molecule has 2 aromatic rings. The summed E-state index contributed by atoms with van der Waals surface area (Å²) < 4.78 is 10.5. The van der Waals surface area contributed by atoms with Crippen LogP contribution in [0.25, 0.3) is 0 Å². The second kappa shape index (κ2) is 7.39. The zero-order valence-electron chi connectivity index (χ0n) is 13.9. The highest BCUT2D eigenvalue weighted by Crippen LogP contribution is 2.22. The summed E-state index contributed by atoms with van der Waals surface area (Å²) in [6.07, 6.45) is 2.35. The number of morpholine rings is 1. The van der Waals surface area contributed by atoms with Crippen molar-refractivity contribution in [2.24, 2.45) is 0 Å². The second-order valence-electron chi connectivity index (χ2n) is 5.98. The molecule has 2 atom stereocenters. The molecule has 1 aliphatic rings. The first-order valence-corrected chi connectivity index (χ1v) is 7.95. The third-order valence-electron chi connectivity index (χ3n) is 3.71. The first-order chi connectivity index (χ1) is 12.0. The van der Waals surface area contributed by atoms with Crippen molar-refractivity contribution < 1.29 is 18.8 Å². The van der Waals surface area contributed by atoms with Crippen LogP contribution in [0.1, 0.15) is 43.1 Å². The van der Waals surface area contributed by atoms with Gasteiger partial charge in [0, 0.05) is 18.3 Å². The number of amides is 2. The molecule has 1 aliphatic heterocycles. The predicted octanol–water partition coefficient (Wildman–Crippen LogP) is 0.460. The van der Waals surface area contributed by atoms with E-state index in [-0.39, 0.29) is 30.9 Å². The molecule has 2 amide bonds. The van der Waals surface area contributed by atoms with Gasteiger partial charge < -0.3 is 19.9 Å². The van der Waals surface area contributed by atoms with E-state index in [9.17, 15) is 9.59 Å². The summed E-state index contributed by atoms with van der Waals surface area (Å²) in [5.74, 6) is 0.361. The van der Waals surface area contributed by atoms with Crippen molar-refractivity contribution in [3.63, 3.8) is 0 Å². The van der Waals surface area contributed by atoms with E-state index in [1.54, 1.807) is 24.5 Å². The van der Waals surface area contributed by atoms with Gasteiger partial charge >= 0.3 is 0 Å². The van der Waals surface area contributed by atoms with E-state index in [1.165, 1.54) is 0 Å². The number of ether oxygens (including phenoxy) is 1. The van der Waals surface area contributed by atoms with Crippen molar-refractivity contribution in [2.75, 3.05) is 6.61 Å². The molecule has 2 aromatic heterocycles. The summed E-state index contributed by atoms with van der Waals surface area (Å²) >= 11 is 0. The van der Waals surface area contributed by atoms with Crippen molar-refractivity contribution in [3.05, 3.63) is 41.8 Å². The van der Waals surface area contributed by atoms with E-state index in [2.05, 4.69) is 25.8 Å². The molecule has 0 bridgehead atoms. The Morgan fingerprint density at radius 2 is 2.32 bits per heavy atom. The first kappa shape index (κ1) is 17.0. The topological polar surface area (TPSA) is 119 Å². The van der Waals surface area contributed by atoms with Gasteiger partial charge in [0.1, 0.15) is 6.61 Å². The monoisotopic (exact) mass is 345 g/mol. The van der Waals surface area contributed by atoms with E-state index >= 15 is 0 Å². The van der Waals surface area contributed by atoms with Gasteiger partial charge in [-0.3, -0.25) is 14.6 Å². The molecule has 0 spiro atoms. The minimum Gasteiger partial charge on any atom is -0.356 e. The fourth-order valence-electron chi connectivity index (χ4n) is 2.44. The van der Waals surface area contributed by atoms with Gasteiger partial charge in [-0.25, -0.2) is 0 Å². The second-order valence-corrected chi connectivity index (χ2v) is 5.98. The molecule has 1 fully saturated rings. The van der Waals surface area contributed by atoms with Gasteiger partial charge in [-0.05, 0) is 11.6 Å². The Bertz CT molecular complexity index is 746. The normalized spacial score (nSPS) is 20.4. The SMILES string of the molecule is CC(C)c1nc(CNC(=O)C2OCC(=O)NC2c2cccnc2)no1. The van der Waals surface area contributed by atoms with Crippen LogP contribution < -0.4 is 10.6 Å². The van der Waals surface area contributed by atoms with Crippen molar-refractivity contribution in [2.45, 2.75) is 38.5 Å². The Morgan fingerprint density at radius 1 is 1.48 bits per heavy atom. The molecular formula is C16H19N5O4. The summed E-state index contributed by atoms with van der Waals surface area (Å²) in [6, 6.07) is 2.91. The van der Waals surface area contributed by atoms with Gasteiger partial charge in [0.25, 0.3) is 5.91 Å². The van der Waals surface area contributed by atoms with Crippen LogP contribution in [0, 0.1) is 0 Å². The summed E-state index contributed by atoms with van der Waals surface area (Å²) in [5.41, 5.74) is 0.692. The van der Waals surface area contributed by atoms with E-state index in [0.717, 1.165) is 0 Å². The minimum atomic E-state index is -0.863. The summed E-state index contributed by atoms with van der Waals surface area (Å²) in [7, 11) is 0. The standard InChI is InChI=1S/C16H19N5O4/c1-9(2)16-19-11(21-25-16)7-18-15(23)14-13(20-12(22)8-24-14)10-4-3-5-17-6-10/h3-6,9,13-14H,7-8H2,1-2H3,(H,18,23)(H,20,22). The van der Waals surface area contributed by atoms with Crippen LogP contribution in [0.15, 0.2) is 29.0 Å². The lowest BCUT2D eigenvalue weighted by Crippen LogP contribution is -2.52. The molecule has 0 saturated carbocycles. The highest BCUT2D eigenvalue weighted by atomic mass is 16.5. The molecule has 2 unspecified atom stereocenters. The maximum atomic E-state index is 12.5. The van der Waals surface area contributed by atoms with E-state index in [4.69, 9.17) is 9.26 Å². The highest BCUT2D eigenvalue weighted by Gasteiger charge is 2.36. The molecule has 3 heterocycles. The highest BCUT2D eigenvalue weighted by molar-refractivity contribution is 5.86. The summed E-state index contributed by atoms with van der Waals surface area (Å²) in [4.78, 5) is 32.4. The number of carbonyl (C=O) groups excluding carboxylic acids is 2. The maximum absolute atomic E-state index is 12.5. The number of hydrogen-bond acceptors (Lipinski definition) is 7. The van der Waals surface area contributed by atoms with E-state index < -0.39 is 12.1 Å². The van der Waals surface area contributed by atoms with Gasteiger partial charge in [-0.2, -0.15) is 4.98 Å². The van der Waals surface area contributed by atoms with Crippen LogP contribution in [-0.4, -0.2) is 39.6 Å². The van der Waals surface area contributed by atoms with Gasteiger partial charge in [0.05, 0.1) is 12.6 Å². The lowest BCUT2D eigenvalue weighted by atomic mass is 10.0. The zero-order chi connectivity index (χ0) is 17.8. The van der Waals surface area contributed by atoms with Crippen LogP contribution in [0.2, 0.25) is 0 Å². The van der Waals surface area contributed by atoms with Gasteiger partial charge in [0.15, 0.2) is 11.9 Å². The zero-order valence-corrected chi connectivity index (χ0v) is 13.9. The molecule has 3 rings (SSSR count). The fraction of sp³-hybridized carbons (Fsp3) is 0.438. The molecule has 9 heteroatoms. The third-order valence-corrected chi connectivity index (χ3v) is 3.71. The van der Waals surface area contributed by atoms with Crippen LogP contribution in [-0.2, 0) is 20.9 Å². The Labute approximate surface area is 144 Å². The average Bonchev–Trinajstić information content (AvgIpc) is 3.10. The smallest absolute Gasteiger partial charge is 0.252 e. The molecular weight excluding hydrogens is 326 g/mol. The Kier molecular flexibility index (Phi) is 5.03. The molecule has 0 radical (unpaired) electrons. The fourth-order valence-corrected chi connectivity index (χ4v) is 2.44. The molecule has 9 nitrogen and oxygen atoms in total. The molecule has 25 heavy (non-hydrogen) atoms. The summed E-state index contributed by atoms with van der Waals surface area (Å²) in [6.45, 7) is 3.82. The number of carbonyl (C=O) groups is 2. The van der Waals surface area contributed by atoms with Crippen LogP contribution in [0.5, 0.6) is 0 Å². The molecule has 0 aliphatic carbocycles. The maximum Gasteiger partial charge on any atom is 0.252 e. The van der Waals surface area contributed by atoms with Crippen LogP contribution in [0.4, 0.5) is 0 Å². The summed E-state index contributed by atoms with van der Waals surface area (Å²) in [5, 5.41) is 9.30. The van der Waals surface area contributed by atoms with Crippen molar-refractivity contribution in [1.82, 2.24) is 25.8 Å². The Hall–Kier alpha value is -2.81. The van der Waals surface area contributed by atoms with Crippen LogP contribution in [0.3, 0.4) is 0 Å². The van der Waals surface area contributed by atoms with E-state index in [1.807, 2.05) is 13.8 Å². The van der Waals surface area contributed by atoms with Crippen molar-refractivity contribution in [1.29, 1.82) is 0 Å². The minimum absolute atomic E-state index is 0.114. The number of pyridine rings is 1. The predicted molar refractivity (Wildman–Crippen MR) is 85.1 cm³/mol. The molecule has 2 N–H and O–H groups in total. The number of nitrogens with one attached hydrogen (secondary N) is 2. The Balaban J connectivity index is 1.67. The van der Waals surface area contributed by atoms with Gasteiger partial charge in [-0.15, -0.1) is 0 Å². The Morgan fingerprint density at radius 3 is 3.00 bits per heavy atom. The number of nitrogens with zero attached hydrogens (tertiary/aromatic N) is 3. The van der Waals surface area contributed by atoms with Crippen molar-refractivity contribution >= 4 is 11.8 Å². The molecule has 1 saturated heterocycles. The lowest BCUT2D eigenvalue weighted by Gasteiger charge is -2.31. The molecule has 0 aromatic carbocycles.